The van der Waals surface area contributed by atoms with Crippen molar-refractivity contribution in [2.45, 2.75) is 39.5 Å². The van der Waals surface area contributed by atoms with Gasteiger partial charge in [0.05, 0.1) is 6.61 Å². The molecule has 0 aliphatic rings. The van der Waals surface area contributed by atoms with Crippen molar-refractivity contribution in [3.05, 3.63) is 29.3 Å². The molecule has 0 aromatic heterocycles. The number of aryl methyl sites for hydroxylation is 1. The Kier molecular flexibility index (Phi) is 4.72. The minimum atomic E-state index is 0.122. The van der Waals surface area contributed by atoms with E-state index in [1.807, 2.05) is 0 Å². The molecule has 0 aliphatic carbocycles. The van der Waals surface area contributed by atoms with E-state index >= 15 is 0 Å². The predicted molar refractivity (Wildman–Crippen MR) is 73.9 cm³/mol. The Morgan fingerprint density at radius 3 is 2.44 bits per heavy atom. The van der Waals surface area contributed by atoms with Crippen LogP contribution in [0.25, 0.3) is 0 Å². The van der Waals surface area contributed by atoms with Crippen LogP contribution in [0, 0.1) is 0 Å². The molecule has 2 heteroatoms. The third kappa shape index (κ3) is 3.44. The molecule has 0 aliphatic heterocycles. The van der Waals surface area contributed by atoms with Crippen LogP contribution in [0.15, 0.2) is 18.2 Å². The Morgan fingerprint density at radius 2 is 1.94 bits per heavy atom. The van der Waals surface area contributed by atoms with E-state index in [0.717, 1.165) is 17.9 Å². The van der Waals surface area contributed by atoms with Crippen LogP contribution in [-0.4, -0.2) is 12.4 Å². The molecule has 0 amide bonds. The maximum Gasteiger partial charge on any atom is 0.123 e. The zero-order valence-corrected chi connectivity index (χ0v) is 11.6. The summed E-state index contributed by atoms with van der Waals surface area (Å²) >= 11 is 4.17. The molecule has 0 saturated carbocycles. The lowest BCUT2D eigenvalue weighted by Gasteiger charge is -2.23. The number of ether oxygens (including phenoxy) is 1. The van der Waals surface area contributed by atoms with E-state index in [4.69, 9.17) is 4.74 Å². The molecule has 0 heterocycles. The second-order valence-electron chi connectivity index (χ2n) is 5.01. The predicted octanol–water partition coefficient (Wildman–Crippen LogP) is 3.86. The number of rotatable bonds is 4. The summed E-state index contributed by atoms with van der Waals surface area (Å²) in [5, 5.41) is 0. The van der Waals surface area contributed by atoms with Gasteiger partial charge in [-0.15, -0.1) is 0 Å². The van der Waals surface area contributed by atoms with Crippen molar-refractivity contribution in [2.75, 3.05) is 12.4 Å². The largest absolute Gasteiger partial charge is 0.492 e. The summed E-state index contributed by atoms with van der Waals surface area (Å²) in [7, 11) is 0. The Balaban J connectivity index is 3.06. The van der Waals surface area contributed by atoms with Crippen molar-refractivity contribution in [3.63, 3.8) is 0 Å². The summed E-state index contributed by atoms with van der Waals surface area (Å²) in [5.74, 6) is 1.75. The molecule has 0 radical (unpaired) electrons. The SMILES string of the molecule is CCc1ccc(OCCS)c(C(C)(C)C)c1. The minimum absolute atomic E-state index is 0.122. The van der Waals surface area contributed by atoms with Gasteiger partial charge in [0.15, 0.2) is 0 Å². The van der Waals surface area contributed by atoms with Crippen LogP contribution < -0.4 is 4.74 Å². The summed E-state index contributed by atoms with van der Waals surface area (Å²) in [4.78, 5) is 0. The number of hydrogen-bond donors (Lipinski definition) is 1. The average molecular weight is 238 g/mol. The van der Waals surface area contributed by atoms with E-state index < -0.39 is 0 Å². The van der Waals surface area contributed by atoms with Gasteiger partial charge in [-0.2, -0.15) is 12.6 Å². The van der Waals surface area contributed by atoms with Gasteiger partial charge in [-0.3, -0.25) is 0 Å². The molecule has 0 bridgehead atoms. The second kappa shape index (κ2) is 5.62. The molecule has 0 unspecified atom stereocenters. The van der Waals surface area contributed by atoms with Gasteiger partial charge in [-0.05, 0) is 29.0 Å². The molecule has 1 rings (SSSR count). The summed E-state index contributed by atoms with van der Waals surface area (Å²) in [6, 6.07) is 6.49. The highest BCUT2D eigenvalue weighted by Crippen LogP contribution is 2.32. The first kappa shape index (κ1) is 13.4. The highest BCUT2D eigenvalue weighted by atomic mass is 32.1. The molecule has 0 atom stereocenters. The van der Waals surface area contributed by atoms with Gasteiger partial charge >= 0.3 is 0 Å². The van der Waals surface area contributed by atoms with E-state index in [0.29, 0.717) is 6.61 Å². The maximum absolute atomic E-state index is 5.74. The van der Waals surface area contributed by atoms with Crippen LogP contribution in [-0.2, 0) is 11.8 Å². The van der Waals surface area contributed by atoms with E-state index in [1.165, 1.54) is 11.1 Å². The van der Waals surface area contributed by atoms with Gasteiger partial charge in [0.1, 0.15) is 5.75 Å². The normalized spacial score (nSPS) is 11.6. The molecule has 1 nitrogen and oxygen atoms in total. The first-order chi connectivity index (χ1) is 7.49. The van der Waals surface area contributed by atoms with Crippen molar-refractivity contribution >= 4 is 12.6 Å². The lowest BCUT2D eigenvalue weighted by atomic mass is 9.85. The highest BCUT2D eigenvalue weighted by Gasteiger charge is 2.19. The minimum Gasteiger partial charge on any atom is -0.492 e. The van der Waals surface area contributed by atoms with E-state index in [9.17, 15) is 0 Å². The van der Waals surface area contributed by atoms with E-state index in [2.05, 4.69) is 58.5 Å². The molecule has 1 aromatic carbocycles. The molecule has 0 fully saturated rings. The summed E-state index contributed by atoms with van der Waals surface area (Å²) in [6.45, 7) is 9.49. The van der Waals surface area contributed by atoms with Gasteiger partial charge < -0.3 is 4.74 Å². The summed E-state index contributed by atoms with van der Waals surface area (Å²) in [5.41, 5.74) is 2.77. The fourth-order valence-corrected chi connectivity index (χ4v) is 1.76. The molecular formula is C14H22OS. The number of hydrogen-bond acceptors (Lipinski definition) is 2. The molecule has 0 spiro atoms. The third-order valence-electron chi connectivity index (χ3n) is 2.61. The van der Waals surface area contributed by atoms with Gasteiger partial charge in [0.25, 0.3) is 0 Å². The first-order valence-electron chi connectivity index (χ1n) is 5.86. The van der Waals surface area contributed by atoms with Crippen molar-refractivity contribution in [3.8, 4) is 5.75 Å². The van der Waals surface area contributed by atoms with Crippen LogP contribution in [0.5, 0.6) is 5.75 Å². The number of thiol groups is 1. The monoisotopic (exact) mass is 238 g/mol. The Morgan fingerprint density at radius 1 is 1.25 bits per heavy atom. The fourth-order valence-electron chi connectivity index (χ4n) is 1.66. The van der Waals surface area contributed by atoms with Crippen LogP contribution >= 0.6 is 12.6 Å². The van der Waals surface area contributed by atoms with Gasteiger partial charge in [0.2, 0.25) is 0 Å². The fraction of sp³-hybridized carbons (Fsp3) is 0.571. The summed E-state index contributed by atoms with van der Waals surface area (Å²) < 4.78 is 5.74. The Bertz CT molecular complexity index is 339. The molecule has 0 N–H and O–H groups in total. The van der Waals surface area contributed by atoms with Gasteiger partial charge in [-0.25, -0.2) is 0 Å². The van der Waals surface area contributed by atoms with Crippen molar-refractivity contribution < 1.29 is 4.74 Å². The first-order valence-corrected chi connectivity index (χ1v) is 6.49. The molecular weight excluding hydrogens is 216 g/mol. The Hall–Kier alpha value is -0.630. The second-order valence-corrected chi connectivity index (χ2v) is 5.45. The van der Waals surface area contributed by atoms with Gasteiger partial charge in [0, 0.05) is 5.75 Å². The van der Waals surface area contributed by atoms with E-state index in [-0.39, 0.29) is 5.41 Å². The molecule has 90 valence electrons. The van der Waals surface area contributed by atoms with Crippen molar-refractivity contribution in [1.29, 1.82) is 0 Å². The number of benzene rings is 1. The average Bonchev–Trinajstić information content (AvgIpc) is 2.25. The molecule has 1 aromatic rings. The van der Waals surface area contributed by atoms with Crippen LogP contribution in [0.1, 0.15) is 38.8 Å². The molecule has 16 heavy (non-hydrogen) atoms. The van der Waals surface area contributed by atoms with Gasteiger partial charge in [-0.1, -0.05) is 39.8 Å². The quantitative estimate of drug-likeness (QED) is 0.784. The maximum atomic E-state index is 5.74. The summed E-state index contributed by atoms with van der Waals surface area (Å²) in [6.07, 6.45) is 1.07. The van der Waals surface area contributed by atoms with E-state index in [1.54, 1.807) is 0 Å². The smallest absolute Gasteiger partial charge is 0.123 e. The third-order valence-corrected chi connectivity index (χ3v) is 2.79. The zero-order valence-electron chi connectivity index (χ0n) is 10.7. The lowest BCUT2D eigenvalue weighted by Crippen LogP contribution is -2.14. The van der Waals surface area contributed by atoms with Crippen molar-refractivity contribution in [1.82, 2.24) is 0 Å². The van der Waals surface area contributed by atoms with Crippen molar-refractivity contribution in [2.24, 2.45) is 0 Å². The standard InChI is InChI=1S/C14H22OS/c1-5-11-6-7-13(15-8-9-16)12(10-11)14(2,3)4/h6-7,10,16H,5,8-9H2,1-4H3. The van der Waals surface area contributed by atoms with Crippen LogP contribution in [0.4, 0.5) is 0 Å². The van der Waals surface area contributed by atoms with Crippen LogP contribution in [0.3, 0.4) is 0 Å². The van der Waals surface area contributed by atoms with Crippen LogP contribution in [0.2, 0.25) is 0 Å². The topological polar surface area (TPSA) is 9.23 Å². The highest BCUT2D eigenvalue weighted by molar-refractivity contribution is 7.80. The Labute approximate surface area is 105 Å². The lowest BCUT2D eigenvalue weighted by molar-refractivity contribution is 0.333. The molecule has 0 saturated heterocycles. The zero-order chi connectivity index (χ0) is 12.2.